The molecule has 0 aliphatic carbocycles. The number of hydrogen-bond donors (Lipinski definition) is 3. The van der Waals surface area contributed by atoms with E-state index in [-0.39, 0.29) is 6.04 Å². The summed E-state index contributed by atoms with van der Waals surface area (Å²) in [6.07, 6.45) is 0. The van der Waals surface area contributed by atoms with Crippen LogP contribution in [0.25, 0.3) is 21.7 Å². The highest BCUT2D eigenvalue weighted by Crippen LogP contribution is 2.24. The first-order valence-electron chi connectivity index (χ1n) is 8.29. The summed E-state index contributed by atoms with van der Waals surface area (Å²) >= 11 is 0. The van der Waals surface area contributed by atoms with E-state index in [1.807, 2.05) is 18.2 Å². The Kier molecular flexibility index (Phi) is 3.71. The predicted octanol–water partition coefficient (Wildman–Crippen LogP) is 4.75. The first-order valence-corrected chi connectivity index (χ1v) is 8.29. The number of nitrogens with one attached hydrogen (secondary N) is 2. The Morgan fingerprint density at radius 2 is 1.79 bits per heavy atom. The molecule has 0 fully saturated rings. The van der Waals surface area contributed by atoms with Gasteiger partial charge in [0.2, 0.25) is 0 Å². The molecule has 3 aromatic carbocycles. The van der Waals surface area contributed by atoms with Crippen molar-refractivity contribution in [2.45, 2.75) is 19.5 Å². The third-order valence-corrected chi connectivity index (χ3v) is 4.59. The number of benzene rings is 3. The maximum absolute atomic E-state index is 5.85. The van der Waals surface area contributed by atoms with Gasteiger partial charge in [0, 0.05) is 34.9 Å². The summed E-state index contributed by atoms with van der Waals surface area (Å²) in [7, 11) is 0. The van der Waals surface area contributed by atoms with Gasteiger partial charge in [0.25, 0.3) is 0 Å². The van der Waals surface area contributed by atoms with Crippen LogP contribution in [-0.2, 0) is 6.54 Å². The summed E-state index contributed by atoms with van der Waals surface area (Å²) in [4.78, 5) is 3.45. The minimum absolute atomic E-state index is 0.271. The summed E-state index contributed by atoms with van der Waals surface area (Å²) in [5.74, 6) is 0. The highest BCUT2D eigenvalue weighted by atomic mass is 14.9. The number of fused-ring (bicyclic) bond motifs is 2. The van der Waals surface area contributed by atoms with E-state index in [9.17, 15) is 0 Å². The standard InChI is InChI=1S/C21H21N3/c1-14(19-8-4-6-15-5-2-3-7-20(15)19)23-13-18-12-16-11-17(22)9-10-21(16)24-18/h2-12,14,23-24H,13,22H2,1H3. The Labute approximate surface area is 141 Å². The molecule has 3 heteroatoms. The molecule has 0 bridgehead atoms. The minimum atomic E-state index is 0.271. The first-order chi connectivity index (χ1) is 11.7. The molecule has 1 atom stereocenters. The largest absolute Gasteiger partial charge is 0.399 e. The average molecular weight is 315 g/mol. The maximum Gasteiger partial charge on any atom is 0.0457 e. The van der Waals surface area contributed by atoms with E-state index in [0.717, 1.165) is 23.1 Å². The zero-order valence-corrected chi connectivity index (χ0v) is 13.7. The second-order valence-electron chi connectivity index (χ2n) is 6.31. The summed E-state index contributed by atoms with van der Waals surface area (Å²) in [5.41, 5.74) is 10.3. The SMILES string of the molecule is CC(NCc1cc2cc(N)ccc2[nH]1)c1cccc2ccccc12. The molecule has 120 valence electrons. The number of aromatic nitrogens is 1. The van der Waals surface area contributed by atoms with Gasteiger partial charge >= 0.3 is 0 Å². The second-order valence-corrected chi connectivity index (χ2v) is 6.31. The van der Waals surface area contributed by atoms with Gasteiger partial charge in [0.1, 0.15) is 0 Å². The van der Waals surface area contributed by atoms with E-state index in [1.54, 1.807) is 0 Å². The monoisotopic (exact) mass is 315 g/mol. The summed E-state index contributed by atoms with van der Waals surface area (Å²) in [6, 6.07) is 23.4. The number of rotatable bonds is 4. The van der Waals surface area contributed by atoms with Gasteiger partial charge in [0.05, 0.1) is 0 Å². The van der Waals surface area contributed by atoms with Crippen molar-refractivity contribution in [1.29, 1.82) is 0 Å². The van der Waals surface area contributed by atoms with Gasteiger partial charge in [-0.1, -0.05) is 42.5 Å². The average Bonchev–Trinajstić information content (AvgIpc) is 3.01. The van der Waals surface area contributed by atoms with Gasteiger partial charge in [-0.3, -0.25) is 0 Å². The fourth-order valence-electron chi connectivity index (χ4n) is 3.31. The minimum Gasteiger partial charge on any atom is -0.399 e. The third kappa shape index (κ3) is 2.74. The molecule has 4 aromatic rings. The van der Waals surface area contributed by atoms with Crippen molar-refractivity contribution >= 4 is 27.4 Å². The number of aromatic amines is 1. The van der Waals surface area contributed by atoms with E-state index >= 15 is 0 Å². The number of anilines is 1. The van der Waals surface area contributed by atoms with Gasteiger partial charge in [-0.25, -0.2) is 0 Å². The molecule has 1 aromatic heterocycles. The Hall–Kier alpha value is -2.78. The van der Waals surface area contributed by atoms with Crippen molar-refractivity contribution < 1.29 is 0 Å². The molecular weight excluding hydrogens is 294 g/mol. The number of hydrogen-bond acceptors (Lipinski definition) is 2. The number of H-pyrrole nitrogens is 1. The van der Waals surface area contributed by atoms with Crippen LogP contribution in [0.1, 0.15) is 24.2 Å². The van der Waals surface area contributed by atoms with Crippen molar-refractivity contribution in [2.75, 3.05) is 5.73 Å². The van der Waals surface area contributed by atoms with Crippen molar-refractivity contribution in [3.05, 3.63) is 78.0 Å². The van der Waals surface area contributed by atoms with Gasteiger partial charge in [0.15, 0.2) is 0 Å². The zero-order chi connectivity index (χ0) is 16.5. The Morgan fingerprint density at radius 1 is 0.958 bits per heavy atom. The van der Waals surface area contributed by atoms with Crippen LogP contribution in [0.5, 0.6) is 0 Å². The van der Waals surface area contributed by atoms with E-state index < -0.39 is 0 Å². The fourth-order valence-corrected chi connectivity index (χ4v) is 3.31. The molecule has 4 rings (SSSR count). The van der Waals surface area contributed by atoms with Crippen molar-refractivity contribution in [1.82, 2.24) is 10.3 Å². The van der Waals surface area contributed by atoms with Gasteiger partial charge in [-0.05, 0) is 47.5 Å². The first kappa shape index (κ1) is 14.8. The molecule has 4 N–H and O–H groups in total. The van der Waals surface area contributed by atoms with Crippen LogP contribution < -0.4 is 11.1 Å². The van der Waals surface area contributed by atoms with Crippen molar-refractivity contribution in [3.8, 4) is 0 Å². The molecule has 0 saturated carbocycles. The van der Waals surface area contributed by atoms with Crippen LogP contribution in [0.15, 0.2) is 66.7 Å². The van der Waals surface area contributed by atoms with Crippen LogP contribution in [-0.4, -0.2) is 4.98 Å². The lowest BCUT2D eigenvalue weighted by atomic mass is 10.00. The van der Waals surface area contributed by atoms with Crippen LogP contribution in [0.3, 0.4) is 0 Å². The molecule has 0 saturated heterocycles. The van der Waals surface area contributed by atoms with E-state index in [0.29, 0.717) is 0 Å². The van der Waals surface area contributed by atoms with Crippen molar-refractivity contribution in [3.63, 3.8) is 0 Å². The lowest BCUT2D eigenvalue weighted by Crippen LogP contribution is -2.18. The number of nitrogens with two attached hydrogens (primary N) is 1. The lowest BCUT2D eigenvalue weighted by Gasteiger charge is -2.16. The molecule has 3 nitrogen and oxygen atoms in total. The van der Waals surface area contributed by atoms with Gasteiger partial charge < -0.3 is 16.0 Å². The van der Waals surface area contributed by atoms with Crippen molar-refractivity contribution in [2.24, 2.45) is 0 Å². The maximum atomic E-state index is 5.85. The molecule has 0 aliphatic heterocycles. The molecule has 1 unspecified atom stereocenters. The van der Waals surface area contributed by atoms with Crippen LogP contribution in [0.4, 0.5) is 5.69 Å². The van der Waals surface area contributed by atoms with Crippen LogP contribution >= 0.6 is 0 Å². The molecular formula is C21H21N3. The van der Waals surface area contributed by atoms with E-state index in [2.05, 4.69) is 65.8 Å². The topological polar surface area (TPSA) is 53.8 Å². The Balaban J connectivity index is 1.55. The number of nitrogen functional groups attached to an aromatic ring is 1. The molecule has 0 amide bonds. The summed E-state index contributed by atoms with van der Waals surface area (Å²) < 4.78 is 0. The third-order valence-electron chi connectivity index (χ3n) is 4.59. The Morgan fingerprint density at radius 3 is 2.71 bits per heavy atom. The lowest BCUT2D eigenvalue weighted by molar-refractivity contribution is 0.573. The normalized spacial score (nSPS) is 12.7. The second kappa shape index (κ2) is 6.02. The molecule has 0 radical (unpaired) electrons. The zero-order valence-electron chi connectivity index (χ0n) is 13.7. The highest BCUT2D eigenvalue weighted by Gasteiger charge is 2.09. The molecule has 0 spiro atoms. The summed E-state index contributed by atoms with van der Waals surface area (Å²) in [6.45, 7) is 3.00. The van der Waals surface area contributed by atoms with E-state index in [4.69, 9.17) is 5.73 Å². The molecule has 24 heavy (non-hydrogen) atoms. The predicted molar refractivity (Wildman–Crippen MR) is 102 cm³/mol. The molecule has 1 heterocycles. The van der Waals surface area contributed by atoms with Gasteiger partial charge in [-0.2, -0.15) is 0 Å². The van der Waals surface area contributed by atoms with Gasteiger partial charge in [-0.15, -0.1) is 0 Å². The quantitative estimate of drug-likeness (QED) is 0.476. The van der Waals surface area contributed by atoms with Crippen LogP contribution in [0, 0.1) is 0 Å². The molecule has 0 aliphatic rings. The van der Waals surface area contributed by atoms with Crippen LogP contribution in [0.2, 0.25) is 0 Å². The van der Waals surface area contributed by atoms with E-state index in [1.165, 1.54) is 22.0 Å². The Bertz CT molecular complexity index is 995. The highest BCUT2D eigenvalue weighted by molar-refractivity contribution is 5.86. The summed E-state index contributed by atoms with van der Waals surface area (Å²) in [5, 5.41) is 7.37. The smallest absolute Gasteiger partial charge is 0.0457 e. The fraction of sp³-hybridized carbons (Fsp3) is 0.143.